The van der Waals surface area contributed by atoms with Gasteiger partial charge in [-0.15, -0.1) is 0 Å². The number of nitrogens with zero attached hydrogens (tertiary/aromatic N) is 2. The lowest BCUT2D eigenvalue weighted by atomic mass is 9.86. The highest BCUT2D eigenvalue weighted by Gasteiger charge is 2.46. The topological polar surface area (TPSA) is 85.4 Å². The highest BCUT2D eigenvalue weighted by molar-refractivity contribution is 9.10. The molecule has 1 fully saturated rings. The van der Waals surface area contributed by atoms with Crippen LogP contribution in [0.4, 0.5) is 10.5 Å². The summed E-state index contributed by atoms with van der Waals surface area (Å²) in [4.78, 5) is 41.1. The van der Waals surface area contributed by atoms with Gasteiger partial charge in [0.2, 0.25) is 5.91 Å². The van der Waals surface area contributed by atoms with E-state index in [1.54, 1.807) is 21.9 Å². The van der Waals surface area contributed by atoms with Crippen molar-refractivity contribution in [2.24, 2.45) is 0 Å². The number of ether oxygens (including phenoxy) is 3. The minimum atomic E-state index is -0.758. The molecule has 2 heterocycles. The quantitative estimate of drug-likeness (QED) is 0.595. The molecule has 0 radical (unpaired) electrons. The molecule has 2 amide bonds. The third kappa shape index (κ3) is 4.72. The molecule has 1 aromatic rings. The summed E-state index contributed by atoms with van der Waals surface area (Å²) in [6.45, 7) is 10.5. The van der Waals surface area contributed by atoms with Gasteiger partial charge in [0.05, 0.1) is 43.9 Å². The Balaban J connectivity index is 1.85. The number of carbonyl (C=O) groups is 3. The van der Waals surface area contributed by atoms with E-state index in [9.17, 15) is 14.4 Å². The van der Waals surface area contributed by atoms with Gasteiger partial charge < -0.3 is 24.0 Å². The van der Waals surface area contributed by atoms with Gasteiger partial charge in [-0.2, -0.15) is 0 Å². The molecule has 31 heavy (non-hydrogen) atoms. The van der Waals surface area contributed by atoms with Crippen LogP contribution >= 0.6 is 15.9 Å². The number of carbonyl (C=O) groups excluding carboxylic acids is 3. The average Bonchev–Trinajstić information content (AvgIpc) is 2.86. The van der Waals surface area contributed by atoms with Crippen LogP contribution in [-0.2, 0) is 24.4 Å². The summed E-state index contributed by atoms with van der Waals surface area (Å²) in [5, 5.41) is 0. The molecular formula is C22H29BrN2O6. The van der Waals surface area contributed by atoms with Crippen LogP contribution in [-0.4, -0.2) is 67.9 Å². The highest BCUT2D eigenvalue weighted by Crippen LogP contribution is 2.44. The Morgan fingerprint density at radius 2 is 1.97 bits per heavy atom. The van der Waals surface area contributed by atoms with Gasteiger partial charge in [0.15, 0.2) is 0 Å². The lowest BCUT2D eigenvalue weighted by Crippen LogP contribution is -2.52. The van der Waals surface area contributed by atoms with Crippen LogP contribution in [0.5, 0.6) is 0 Å². The monoisotopic (exact) mass is 496 g/mol. The van der Waals surface area contributed by atoms with Gasteiger partial charge in [-0.25, -0.2) is 9.59 Å². The number of fused-ring (bicyclic) bond motifs is 1. The predicted molar refractivity (Wildman–Crippen MR) is 118 cm³/mol. The van der Waals surface area contributed by atoms with Crippen LogP contribution in [0, 0.1) is 0 Å². The molecule has 1 atom stereocenters. The largest absolute Gasteiger partial charge is 0.465 e. The van der Waals surface area contributed by atoms with Crippen molar-refractivity contribution >= 4 is 39.6 Å². The summed E-state index contributed by atoms with van der Waals surface area (Å²) >= 11 is 3.42. The minimum absolute atomic E-state index is 0.0885. The van der Waals surface area contributed by atoms with Gasteiger partial charge in [-0.3, -0.25) is 4.79 Å². The third-order valence-electron chi connectivity index (χ3n) is 5.41. The molecule has 1 saturated heterocycles. The molecule has 0 aromatic heterocycles. The van der Waals surface area contributed by atoms with E-state index in [4.69, 9.17) is 14.2 Å². The van der Waals surface area contributed by atoms with Crippen molar-refractivity contribution in [2.75, 3.05) is 38.3 Å². The van der Waals surface area contributed by atoms with Gasteiger partial charge in [0, 0.05) is 16.7 Å². The molecule has 0 bridgehead atoms. The van der Waals surface area contributed by atoms with E-state index in [1.165, 1.54) is 7.11 Å². The Morgan fingerprint density at radius 1 is 1.29 bits per heavy atom. The minimum Gasteiger partial charge on any atom is -0.465 e. The number of halogens is 1. The Labute approximate surface area is 190 Å². The number of benzene rings is 1. The van der Waals surface area contributed by atoms with Crippen molar-refractivity contribution < 1.29 is 28.6 Å². The fourth-order valence-electron chi connectivity index (χ4n) is 3.82. The summed E-state index contributed by atoms with van der Waals surface area (Å²) in [7, 11) is 1.32. The maximum atomic E-state index is 13.3. The maximum Gasteiger partial charge on any atom is 0.410 e. The molecular weight excluding hydrogens is 468 g/mol. The Kier molecular flexibility index (Phi) is 6.40. The van der Waals surface area contributed by atoms with Crippen molar-refractivity contribution in [1.82, 2.24) is 4.90 Å². The average molecular weight is 497 g/mol. The van der Waals surface area contributed by atoms with E-state index >= 15 is 0 Å². The van der Waals surface area contributed by atoms with Crippen LogP contribution in [0.2, 0.25) is 0 Å². The summed E-state index contributed by atoms with van der Waals surface area (Å²) < 4.78 is 16.8. The number of rotatable bonds is 3. The van der Waals surface area contributed by atoms with Crippen molar-refractivity contribution in [1.29, 1.82) is 0 Å². The number of hydrogen-bond acceptors (Lipinski definition) is 6. The second-order valence-electron chi connectivity index (χ2n) is 9.30. The normalized spacial score (nSPS) is 20.5. The Bertz CT molecular complexity index is 908. The first-order chi connectivity index (χ1) is 14.3. The van der Waals surface area contributed by atoms with Crippen molar-refractivity contribution in [3.8, 4) is 0 Å². The van der Waals surface area contributed by atoms with E-state index in [-0.39, 0.29) is 18.6 Å². The van der Waals surface area contributed by atoms with Crippen LogP contribution in [0.1, 0.15) is 50.5 Å². The molecule has 2 aliphatic heterocycles. The van der Waals surface area contributed by atoms with E-state index in [0.717, 1.165) is 5.56 Å². The number of esters is 1. The standard InChI is InChI=1S/C22H29BrN2O6/c1-21(2,3)31-20(28)24-7-8-30-13(11-24)12-25-17-9-14(18(26)29-6)16(23)10-15(17)22(4,5)19(25)27/h9-10,13H,7-8,11-12H2,1-6H3. The number of methoxy groups -OCH3 is 1. The van der Waals surface area contributed by atoms with Gasteiger partial charge in [-0.1, -0.05) is 0 Å². The molecule has 1 unspecified atom stereocenters. The molecule has 170 valence electrons. The molecule has 0 N–H and O–H groups in total. The highest BCUT2D eigenvalue weighted by atomic mass is 79.9. The van der Waals surface area contributed by atoms with Crippen LogP contribution in [0.15, 0.2) is 16.6 Å². The third-order valence-corrected chi connectivity index (χ3v) is 6.07. The molecule has 0 aliphatic carbocycles. The van der Waals surface area contributed by atoms with E-state index < -0.39 is 23.1 Å². The number of morpholine rings is 1. The fourth-order valence-corrected chi connectivity index (χ4v) is 4.33. The molecule has 0 saturated carbocycles. The Morgan fingerprint density at radius 3 is 2.58 bits per heavy atom. The Hall–Kier alpha value is -2.13. The first kappa shape index (κ1) is 23.5. The van der Waals surface area contributed by atoms with Gasteiger partial charge in [-0.05, 0) is 68.2 Å². The second kappa shape index (κ2) is 8.43. The summed E-state index contributed by atoms with van der Waals surface area (Å²) in [5.41, 5.74) is 0.466. The zero-order chi connectivity index (χ0) is 23.1. The fraction of sp³-hybridized carbons (Fsp3) is 0.591. The van der Waals surface area contributed by atoms with Crippen molar-refractivity contribution in [3.05, 3.63) is 27.7 Å². The predicted octanol–water partition coefficient (Wildman–Crippen LogP) is 3.50. The summed E-state index contributed by atoms with van der Waals surface area (Å²) in [6, 6.07) is 3.47. The molecule has 2 aliphatic rings. The first-order valence-corrected chi connectivity index (χ1v) is 11.0. The molecule has 1 aromatic carbocycles. The molecule has 9 heteroatoms. The van der Waals surface area contributed by atoms with Crippen molar-refractivity contribution in [2.45, 2.75) is 51.7 Å². The first-order valence-electron chi connectivity index (χ1n) is 10.2. The van der Waals surface area contributed by atoms with Gasteiger partial charge in [0.1, 0.15) is 5.60 Å². The number of amides is 2. The second-order valence-corrected chi connectivity index (χ2v) is 10.2. The smallest absolute Gasteiger partial charge is 0.410 e. The number of hydrogen-bond donors (Lipinski definition) is 0. The molecule has 3 rings (SSSR count). The maximum absolute atomic E-state index is 13.3. The zero-order valence-electron chi connectivity index (χ0n) is 18.8. The lowest BCUT2D eigenvalue weighted by molar-refractivity contribution is -0.122. The van der Waals surface area contributed by atoms with Crippen molar-refractivity contribution in [3.63, 3.8) is 0 Å². The zero-order valence-corrected chi connectivity index (χ0v) is 20.4. The van der Waals surface area contributed by atoms with E-state index in [2.05, 4.69) is 15.9 Å². The lowest BCUT2D eigenvalue weighted by Gasteiger charge is -2.36. The molecule has 0 spiro atoms. The summed E-state index contributed by atoms with van der Waals surface area (Å²) in [6.07, 6.45) is -0.775. The number of anilines is 1. The van der Waals surface area contributed by atoms with E-state index in [1.807, 2.05) is 34.6 Å². The SMILES string of the molecule is COC(=O)c1cc2c(cc1Br)C(C)(C)C(=O)N2CC1CN(C(=O)OC(C)(C)C)CCO1. The van der Waals surface area contributed by atoms with E-state index in [0.29, 0.717) is 35.4 Å². The van der Waals surface area contributed by atoms with Crippen LogP contribution < -0.4 is 4.90 Å². The molecule has 8 nitrogen and oxygen atoms in total. The summed E-state index contributed by atoms with van der Waals surface area (Å²) in [5.74, 6) is -0.578. The van der Waals surface area contributed by atoms with Crippen LogP contribution in [0.3, 0.4) is 0 Å². The van der Waals surface area contributed by atoms with Crippen LogP contribution in [0.25, 0.3) is 0 Å². The van der Waals surface area contributed by atoms with Gasteiger partial charge >= 0.3 is 12.1 Å². The van der Waals surface area contributed by atoms with Gasteiger partial charge in [0.25, 0.3) is 0 Å².